The minimum Gasteiger partial charge on any atom is -0.390 e. The van der Waals surface area contributed by atoms with Crippen LogP contribution in [0.25, 0.3) is 0 Å². The monoisotopic (exact) mass is 305 g/mol. The van der Waals surface area contributed by atoms with Crippen molar-refractivity contribution in [1.82, 2.24) is 4.90 Å². The number of aliphatic hydroxyl groups is 1. The highest BCUT2D eigenvalue weighted by molar-refractivity contribution is 5.83. The van der Waals surface area contributed by atoms with Gasteiger partial charge in [0.05, 0.1) is 17.7 Å². The summed E-state index contributed by atoms with van der Waals surface area (Å²) >= 11 is 0. The van der Waals surface area contributed by atoms with Crippen LogP contribution in [0.1, 0.15) is 51.9 Å². The van der Waals surface area contributed by atoms with Gasteiger partial charge in [0.2, 0.25) is 5.91 Å². The maximum atomic E-state index is 12.8. The van der Waals surface area contributed by atoms with E-state index in [-0.39, 0.29) is 17.9 Å². The third-order valence-corrected chi connectivity index (χ3v) is 6.07. The van der Waals surface area contributed by atoms with Gasteiger partial charge in [0, 0.05) is 6.54 Å². The van der Waals surface area contributed by atoms with Gasteiger partial charge < -0.3 is 15.7 Å². The van der Waals surface area contributed by atoms with E-state index in [1.54, 1.807) is 4.90 Å². The smallest absolute Gasteiger partial charge is 0.240 e. The summed E-state index contributed by atoms with van der Waals surface area (Å²) in [7, 11) is 0. The van der Waals surface area contributed by atoms with E-state index < -0.39 is 11.6 Å². The summed E-state index contributed by atoms with van der Waals surface area (Å²) in [5.74, 6) is 0.926. The second kappa shape index (κ2) is 5.50. The maximum absolute atomic E-state index is 12.8. The van der Waals surface area contributed by atoms with Gasteiger partial charge in [-0.3, -0.25) is 4.79 Å². The Labute approximate surface area is 132 Å². The van der Waals surface area contributed by atoms with Crippen LogP contribution in [-0.4, -0.2) is 40.6 Å². The fourth-order valence-corrected chi connectivity index (χ4v) is 5.73. The first-order chi connectivity index (χ1) is 10.4. The van der Waals surface area contributed by atoms with Gasteiger partial charge in [-0.2, -0.15) is 5.26 Å². The summed E-state index contributed by atoms with van der Waals surface area (Å²) < 4.78 is 0. The molecule has 4 bridgehead atoms. The number of hydrogen-bond donors (Lipinski definition) is 2. The van der Waals surface area contributed by atoms with E-state index >= 15 is 0 Å². The van der Waals surface area contributed by atoms with Crippen molar-refractivity contribution in [1.29, 1.82) is 5.26 Å². The number of hydrogen-bond acceptors (Lipinski definition) is 4. The fraction of sp³-hybridized carbons (Fsp3) is 0.882. The van der Waals surface area contributed by atoms with Crippen molar-refractivity contribution in [2.75, 3.05) is 13.1 Å². The first-order valence-corrected chi connectivity index (χ1v) is 8.55. The molecule has 1 amide bonds. The highest BCUT2D eigenvalue weighted by Gasteiger charge is 2.60. The molecule has 4 aliphatic carbocycles. The Kier molecular flexibility index (Phi) is 3.94. The van der Waals surface area contributed by atoms with Crippen molar-refractivity contribution in [3.63, 3.8) is 0 Å². The molecule has 4 fully saturated rings. The minimum atomic E-state index is -0.604. The van der Waals surface area contributed by atoms with E-state index in [2.05, 4.69) is 6.07 Å². The normalized spacial score (nSPS) is 40.3. The van der Waals surface area contributed by atoms with Crippen molar-refractivity contribution >= 4 is 5.91 Å². The maximum Gasteiger partial charge on any atom is 0.240 e. The van der Waals surface area contributed by atoms with Gasteiger partial charge in [0.25, 0.3) is 0 Å². The lowest BCUT2D eigenvalue weighted by Crippen LogP contribution is -2.64. The number of nitrogens with zero attached hydrogens (tertiary/aromatic N) is 2. The molecule has 0 aliphatic heterocycles. The summed E-state index contributed by atoms with van der Waals surface area (Å²) in [4.78, 5) is 14.4. The Morgan fingerprint density at radius 3 is 2.55 bits per heavy atom. The predicted octanol–water partition coefficient (Wildman–Crippen LogP) is 1.41. The highest BCUT2D eigenvalue weighted by atomic mass is 16.3. The van der Waals surface area contributed by atoms with Crippen molar-refractivity contribution in [2.45, 2.75) is 63.5 Å². The number of amides is 1. The van der Waals surface area contributed by atoms with Gasteiger partial charge in [-0.25, -0.2) is 0 Å². The SMILES string of the molecule is CCCN(CC#N)C(=O)C(N)C12CC3CC(CC(O)(C3)C1)C2. The van der Waals surface area contributed by atoms with E-state index in [9.17, 15) is 9.90 Å². The lowest BCUT2D eigenvalue weighted by atomic mass is 9.46. The van der Waals surface area contributed by atoms with Crippen LogP contribution >= 0.6 is 0 Å². The fourth-order valence-electron chi connectivity index (χ4n) is 5.73. The van der Waals surface area contributed by atoms with Gasteiger partial charge in [0.15, 0.2) is 0 Å². The average molecular weight is 305 g/mol. The quantitative estimate of drug-likeness (QED) is 0.751. The average Bonchev–Trinajstić information content (AvgIpc) is 2.43. The number of carbonyl (C=O) groups is 1. The van der Waals surface area contributed by atoms with Gasteiger partial charge >= 0.3 is 0 Å². The first-order valence-electron chi connectivity index (χ1n) is 8.55. The summed E-state index contributed by atoms with van der Waals surface area (Å²) in [6.45, 7) is 2.68. The van der Waals surface area contributed by atoms with Crippen molar-refractivity contribution in [3.8, 4) is 6.07 Å². The third-order valence-electron chi connectivity index (χ3n) is 6.07. The zero-order valence-electron chi connectivity index (χ0n) is 13.4. The molecule has 3 N–H and O–H groups in total. The molecule has 0 aromatic carbocycles. The van der Waals surface area contributed by atoms with Crippen LogP contribution in [0.2, 0.25) is 0 Å². The van der Waals surface area contributed by atoms with E-state index in [0.29, 0.717) is 24.8 Å². The van der Waals surface area contributed by atoms with Gasteiger partial charge in [-0.1, -0.05) is 6.92 Å². The number of rotatable bonds is 5. The molecule has 5 heteroatoms. The van der Waals surface area contributed by atoms with Crippen LogP contribution in [0.15, 0.2) is 0 Å². The van der Waals surface area contributed by atoms with Crippen LogP contribution in [0, 0.1) is 28.6 Å². The second-order valence-electron chi connectivity index (χ2n) is 7.94. The highest BCUT2D eigenvalue weighted by Crippen LogP contribution is 2.62. The third kappa shape index (κ3) is 2.53. The molecule has 0 heterocycles. The zero-order valence-corrected chi connectivity index (χ0v) is 13.4. The summed E-state index contributed by atoms with van der Waals surface area (Å²) in [5, 5.41) is 19.8. The molecule has 0 spiro atoms. The summed E-state index contributed by atoms with van der Waals surface area (Å²) in [5.41, 5.74) is 5.57. The van der Waals surface area contributed by atoms with E-state index in [4.69, 9.17) is 11.0 Å². The van der Waals surface area contributed by atoms with Crippen LogP contribution < -0.4 is 5.73 Å². The molecule has 4 rings (SSSR count). The van der Waals surface area contributed by atoms with Gasteiger partial charge in [-0.15, -0.1) is 0 Å². The number of nitriles is 1. The van der Waals surface area contributed by atoms with Crippen LogP contribution in [0.3, 0.4) is 0 Å². The molecular formula is C17H27N3O2. The van der Waals surface area contributed by atoms with Crippen molar-refractivity contribution in [2.24, 2.45) is 23.0 Å². The number of nitrogens with two attached hydrogens (primary N) is 1. The Morgan fingerprint density at radius 1 is 1.41 bits per heavy atom. The van der Waals surface area contributed by atoms with E-state index in [1.807, 2.05) is 6.92 Å². The summed E-state index contributed by atoms with van der Waals surface area (Å²) in [6.07, 6.45) is 6.35. The van der Waals surface area contributed by atoms with Crippen LogP contribution in [0.4, 0.5) is 0 Å². The van der Waals surface area contributed by atoms with Gasteiger partial charge in [-0.05, 0) is 62.2 Å². The Hall–Kier alpha value is -1.12. The predicted molar refractivity (Wildman–Crippen MR) is 82.5 cm³/mol. The molecule has 3 unspecified atom stereocenters. The molecule has 3 atom stereocenters. The Bertz CT molecular complexity index is 485. The Balaban J connectivity index is 1.80. The molecule has 4 saturated carbocycles. The number of carbonyl (C=O) groups excluding carboxylic acids is 1. The summed E-state index contributed by atoms with van der Waals surface area (Å²) in [6, 6.07) is 1.49. The largest absolute Gasteiger partial charge is 0.390 e. The molecule has 0 radical (unpaired) electrons. The second-order valence-corrected chi connectivity index (χ2v) is 7.94. The molecule has 0 aromatic rings. The van der Waals surface area contributed by atoms with Crippen LogP contribution in [-0.2, 0) is 4.79 Å². The molecule has 4 aliphatic rings. The molecule has 22 heavy (non-hydrogen) atoms. The van der Waals surface area contributed by atoms with Crippen molar-refractivity contribution in [3.05, 3.63) is 0 Å². The molecule has 0 aromatic heterocycles. The minimum absolute atomic E-state index is 0.103. The molecule has 0 saturated heterocycles. The van der Waals surface area contributed by atoms with Crippen LogP contribution in [0.5, 0.6) is 0 Å². The van der Waals surface area contributed by atoms with Gasteiger partial charge in [0.1, 0.15) is 6.54 Å². The Morgan fingerprint density at radius 2 is 2.05 bits per heavy atom. The van der Waals surface area contributed by atoms with Crippen molar-refractivity contribution < 1.29 is 9.90 Å². The molecule has 5 nitrogen and oxygen atoms in total. The molecular weight excluding hydrogens is 278 g/mol. The molecule has 122 valence electrons. The lowest BCUT2D eigenvalue weighted by Gasteiger charge is -2.61. The zero-order chi connectivity index (χ0) is 16.0. The lowest BCUT2D eigenvalue weighted by molar-refractivity contribution is -0.177. The van der Waals surface area contributed by atoms with E-state index in [1.165, 1.54) is 6.42 Å². The first kappa shape index (κ1) is 15.8. The van der Waals surface area contributed by atoms with E-state index in [0.717, 1.165) is 32.1 Å². The standard InChI is InChI=1S/C17H27N3O2/c1-2-4-20(5-3-18)15(21)14(19)16-7-12-6-13(8-16)10-17(22,9-12)11-16/h12-14,22H,2,4-11,19H2,1H3. The topological polar surface area (TPSA) is 90.4 Å².